The fourth-order valence-electron chi connectivity index (χ4n) is 1.86. The molecule has 128 valence electrons. The number of halogens is 2. The first-order valence-corrected chi connectivity index (χ1v) is 7.90. The summed E-state index contributed by atoms with van der Waals surface area (Å²) in [5.41, 5.74) is 0.148. The predicted molar refractivity (Wildman–Crippen MR) is 92.0 cm³/mol. The molecule has 0 heterocycles. The lowest BCUT2D eigenvalue weighted by molar-refractivity contribution is -0.130. The van der Waals surface area contributed by atoms with Crippen molar-refractivity contribution in [3.63, 3.8) is 0 Å². The standard InChI is InChI=1S/C16H22Cl2N2O3/c1-16(2,3)23-15(22)19-13(14(21)20(4)5)9-10-6-7-11(17)12(18)8-10/h6-8,13H,9H2,1-5H3,(H,19,22). The van der Waals surface area contributed by atoms with Crippen molar-refractivity contribution in [2.24, 2.45) is 0 Å². The summed E-state index contributed by atoms with van der Waals surface area (Å²) < 4.78 is 5.21. The minimum atomic E-state index is -0.753. The molecule has 1 aromatic rings. The molecule has 0 spiro atoms. The predicted octanol–water partition coefficient (Wildman–Crippen LogP) is 3.52. The number of nitrogens with one attached hydrogen (secondary N) is 1. The highest BCUT2D eigenvalue weighted by Gasteiger charge is 2.25. The molecule has 0 bridgehead atoms. The zero-order valence-electron chi connectivity index (χ0n) is 13.9. The zero-order chi connectivity index (χ0) is 17.8. The molecular weight excluding hydrogens is 339 g/mol. The van der Waals surface area contributed by atoms with E-state index in [1.165, 1.54) is 4.90 Å². The van der Waals surface area contributed by atoms with Crippen molar-refractivity contribution in [2.75, 3.05) is 14.1 Å². The van der Waals surface area contributed by atoms with E-state index in [4.69, 9.17) is 27.9 Å². The second-order valence-corrected chi connectivity index (χ2v) is 7.20. The first kappa shape index (κ1) is 19.6. The van der Waals surface area contributed by atoms with Crippen LogP contribution in [0, 0.1) is 0 Å². The van der Waals surface area contributed by atoms with E-state index in [0.717, 1.165) is 5.56 Å². The third-order valence-electron chi connectivity index (χ3n) is 2.85. The summed E-state index contributed by atoms with van der Waals surface area (Å²) in [5, 5.41) is 3.45. The topological polar surface area (TPSA) is 58.6 Å². The van der Waals surface area contributed by atoms with Crippen LogP contribution < -0.4 is 5.32 Å². The molecule has 1 aromatic carbocycles. The lowest BCUT2D eigenvalue weighted by Gasteiger charge is -2.25. The van der Waals surface area contributed by atoms with Crippen molar-refractivity contribution in [1.82, 2.24) is 10.2 Å². The molecule has 0 aliphatic rings. The number of carbonyl (C=O) groups is 2. The SMILES string of the molecule is CN(C)C(=O)C(Cc1ccc(Cl)c(Cl)c1)NC(=O)OC(C)(C)C. The molecule has 0 fully saturated rings. The van der Waals surface area contributed by atoms with E-state index in [9.17, 15) is 9.59 Å². The number of nitrogens with zero attached hydrogens (tertiary/aromatic N) is 1. The van der Waals surface area contributed by atoms with Crippen LogP contribution in [0.3, 0.4) is 0 Å². The van der Waals surface area contributed by atoms with Gasteiger partial charge in [-0.25, -0.2) is 4.79 Å². The van der Waals surface area contributed by atoms with Gasteiger partial charge in [0.05, 0.1) is 10.0 Å². The van der Waals surface area contributed by atoms with Crippen LogP contribution >= 0.6 is 23.2 Å². The average molecular weight is 361 g/mol. The van der Waals surface area contributed by atoms with E-state index in [1.54, 1.807) is 53.1 Å². The third kappa shape index (κ3) is 6.67. The van der Waals surface area contributed by atoms with Gasteiger partial charge < -0.3 is 15.0 Å². The molecule has 0 radical (unpaired) electrons. The highest BCUT2D eigenvalue weighted by atomic mass is 35.5. The Labute approximate surface area is 146 Å². The number of amides is 2. The fourth-order valence-corrected chi connectivity index (χ4v) is 2.18. The molecule has 0 saturated heterocycles. The first-order valence-electron chi connectivity index (χ1n) is 7.14. The Kier molecular flexibility index (Phi) is 6.71. The van der Waals surface area contributed by atoms with Gasteiger partial charge in [0.1, 0.15) is 11.6 Å². The molecule has 0 aliphatic carbocycles. The van der Waals surface area contributed by atoms with Crippen LogP contribution in [0.15, 0.2) is 18.2 Å². The van der Waals surface area contributed by atoms with E-state index in [-0.39, 0.29) is 12.3 Å². The maximum absolute atomic E-state index is 12.3. The van der Waals surface area contributed by atoms with Crippen molar-refractivity contribution in [3.05, 3.63) is 33.8 Å². The van der Waals surface area contributed by atoms with Crippen molar-refractivity contribution >= 4 is 35.2 Å². The molecule has 1 atom stereocenters. The number of hydrogen-bond donors (Lipinski definition) is 1. The van der Waals surface area contributed by atoms with Crippen LogP contribution in [0.4, 0.5) is 4.79 Å². The van der Waals surface area contributed by atoms with Crippen LogP contribution in [0.1, 0.15) is 26.3 Å². The van der Waals surface area contributed by atoms with Crippen LogP contribution in [0.25, 0.3) is 0 Å². The molecular formula is C16H22Cl2N2O3. The maximum Gasteiger partial charge on any atom is 0.408 e. The Hall–Kier alpha value is -1.46. The quantitative estimate of drug-likeness (QED) is 0.893. The van der Waals surface area contributed by atoms with E-state index in [0.29, 0.717) is 10.0 Å². The summed E-state index contributed by atoms with van der Waals surface area (Å²) in [4.78, 5) is 25.7. The molecule has 1 rings (SSSR count). The summed E-state index contributed by atoms with van der Waals surface area (Å²) in [7, 11) is 3.25. The van der Waals surface area contributed by atoms with Gasteiger partial charge in [0, 0.05) is 20.5 Å². The molecule has 7 heteroatoms. The average Bonchev–Trinajstić information content (AvgIpc) is 2.39. The van der Waals surface area contributed by atoms with Gasteiger partial charge in [0.15, 0.2) is 0 Å². The molecule has 23 heavy (non-hydrogen) atoms. The Morgan fingerprint density at radius 1 is 1.22 bits per heavy atom. The number of carbonyl (C=O) groups excluding carboxylic acids is 2. The number of alkyl carbamates (subject to hydrolysis) is 1. The highest BCUT2D eigenvalue weighted by Crippen LogP contribution is 2.23. The van der Waals surface area contributed by atoms with E-state index in [1.807, 2.05) is 0 Å². The summed E-state index contributed by atoms with van der Waals surface area (Å²) >= 11 is 11.9. The number of hydrogen-bond acceptors (Lipinski definition) is 3. The van der Waals surface area contributed by atoms with Crippen LogP contribution in [0.5, 0.6) is 0 Å². The highest BCUT2D eigenvalue weighted by molar-refractivity contribution is 6.42. The van der Waals surface area contributed by atoms with Gasteiger partial charge in [0.25, 0.3) is 0 Å². The third-order valence-corrected chi connectivity index (χ3v) is 3.59. The number of benzene rings is 1. The zero-order valence-corrected chi connectivity index (χ0v) is 15.5. The normalized spacial score (nSPS) is 12.5. The summed E-state index contributed by atoms with van der Waals surface area (Å²) in [6.07, 6.45) is -0.356. The van der Waals surface area contributed by atoms with Crippen molar-refractivity contribution in [2.45, 2.75) is 38.8 Å². The van der Waals surface area contributed by atoms with Crippen LogP contribution in [0.2, 0.25) is 10.0 Å². The summed E-state index contributed by atoms with van der Waals surface area (Å²) in [6.45, 7) is 5.27. The Balaban J connectivity index is 2.90. The Morgan fingerprint density at radius 2 is 1.83 bits per heavy atom. The Bertz CT molecular complexity index is 583. The second-order valence-electron chi connectivity index (χ2n) is 6.38. The minimum Gasteiger partial charge on any atom is -0.444 e. The van der Waals surface area contributed by atoms with E-state index < -0.39 is 17.7 Å². The van der Waals surface area contributed by atoms with Gasteiger partial charge in [-0.15, -0.1) is 0 Å². The number of rotatable bonds is 4. The lowest BCUT2D eigenvalue weighted by atomic mass is 10.1. The van der Waals surface area contributed by atoms with Crippen molar-refractivity contribution in [3.8, 4) is 0 Å². The molecule has 1 N–H and O–H groups in total. The fraction of sp³-hybridized carbons (Fsp3) is 0.500. The van der Waals surface area contributed by atoms with Crippen molar-refractivity contribution in [1.29, 1.82) is 0 Å². The number of likely N-dealkylation sites (N-methyl/N-ethyl adjacent to an activating group) is 1. The smallest absolute Gasteiger partial charge is 0.408 e. The van der Waals surface area contributed by atoms with Crippen molar-refractivity contribution < 1.29 is 14.3 Å². The minimum absolute atomic E-state index is 0.234. The molecule has 2 amide bonds. The summed E-state index contributed by atoms with van der Waals surface area (Å²) in [6, 6.07) is 4.35. The lowest BCUT2D eigenvalue weighted by Crippen LogP contribution is -2.48. The monoisotopic (exact) mass is 360 g/mol. The largest absolute Gasteiger partial charge is 0.444 e. The van der Waals surface area contributed by atoms with E-state index >= 15 is 0 Å². The molecule has 0 aliphatic heterocycles. The van der Waals surface area contributed by atoms with Gasteiger partial charge in [0.2, 0.25) is 5.91 Å². The molecule has 0 saturated carbocycles. The molecule has 5 nitrogen and oxygen atoms in total. The van der Waals surface area contributed by atoms with Gasteiger partial charge in [-0.2, -0.15) is 0 Å². The van der Waals surface area contributed by atoms with Gasteiger partial charge >= 0.3 is 6.09 Å². The van der Waals surface area contributed by atoms with Crippen LogP contribution in [-0.4, -0.2) is 42.6 Å². The van der Waals surface area contributed by atoms with Gasteiger partial charge in [-0.3, -0.25) is 4.79 Å². The van der Waals surface area contributed by atoms with E-state index in [2.05, 4.69) is 5.32 Å². The Morgan fingerprint density at radius 3 is 2.30 bits per heavy atom. The van der Waals surface area contributed by atoms with Crippen LogP contribution in [-0.2, 0) is 16.0 Å². The first-order chi connectivity index (χ1) is 10.5. The molecule has 0 aromatic heterocycles. The maximum atomic E-state index is 12.3. The molecule has 1 unspecified atom stereocenters. The number of ether oxygens (including phenoxy) is 1. The van der Waals surface area contributed by atoms with Gasteiger partial charge in [-0.1, -0.05) is 29.3 Å². The second kappa shape index (κ2) is 7.88. The summed E-state index contributed by atoms with van der Waals surface area (Å²) in [5.74, 6) is -0.234. The van der Waals surface area contributed by atoms with Gasteiger partial charge in [-0.05, 0) is 38.5 Å².